The fourth-order valence-corrected chi connectivity index (χ4v) is 5.70. The van der Waals surface area contributed by atoms with Crippen molar-refractivity contribution in [3.05, 3.63) is 68.6 Å². The monoisotopic (exact) mass is 409 g/mol. The van der Waals surface area contributed by atoms with Crippen molar-refractivity contribution in [2.75, 3.05) is 0 Å². The zero-order valence-corrected chi connectivity index (χ0v) is 17.0. The maximum atomic E-state index is 13.1. The molecule has 0 aliphatic heterocycles. The summed E-state index contributed by atoms with van der Waals surface area (Å²) in [6.45, 7) is 2.54. The predicted molar refractivity (Wildman–Crippen MR) is 114 cm³/mol. The highest BCUT2D eigenvalue weighted by atomic mass is 32.2. The first-order valence-electron chi connectivity index (χ1n) is 8.39. The maximum absolute atomic E-state index is 13.1. The van der Waals surface area contributed by atoms with Gasteiger partial charge in [0.2, 0.25) is 0 Å². The summed E-state index contributed by atoms with van der Waals surface area (Å²) >= 11 is 4.68. The summed E-state index contributed by atoms with van der Waals surface area (Å²) in [5.41, 5.74) is 2.67. The Hall–Kier alpha value is -2.40. The minimum absolute atomic E-state index is 0.0143. The van der Waals surface area contributed by atoms with Crippen LogP contribution in [-0.4, -0.2) is 9.55 Å². The number of benzene rings is 1. The SMILES string of the molecule is CCn1c(SCc2cccc(C#N)c2)nc2scc(-c3cccs3)c2c1=O. The topological polar surface area (TPSA) is 58.7 Å². The van der Waals surface area contributed by atoms with Gasteiger partial charge in [-0.05, 0) is 36.1 Å². The van der Waals surface area contributed by atoms with Gasteiger partial charge in [0.1, 0.15) is 4.83 Å². The third kappa shape index (κ3) is 3.44. The predicted octanol–water partition coefficient (Wildman–Crippen LogP) is 5.37. The highest BCUT2D eigenvalue weighted by Crippen LogP contribution is 2.34. The van der Waals surface area contributed by atoms with E-state index in [0.717, 1.165) is 26.0 Å². The molecule has 4 rings (SSSR count). The largest absolute Gasteiger partial charge is 0.287 e. The number of aromatic nitrogens is 2. The highest BCUT2D eigenvalue weighted by molar-refractivity contribution is 7.98. The molecule has 0 bridgehead atoms. The molecular formula is C20H15N3OS3. The van der Waals surface area contributed by atoms with Gasteiger partial charge in [-0.25, -0.2) is 4.98 Å². The van der Waals surface area contributed by atoms with Crippen molar-refractivity contribution in [2.45, 2.75) is 24.4 Å². The number of fused-ring (bicyclic) bond motifs is 1. The quantitative estimate of drug-likeness (QED) is 0.328. The van der Waals surface area contributed by atoms with Gasteiger partial charge in [-0.3, -0.25) is 9.36 Å². The van der Waals surface area contributed by atoms with Gasteiger partial charge in [0.05, 0.1) is 17.0 Å². The second-order valence-electron chi connectivity index (χ2n) is 5.85. The number of nitrogens with zero attached hydrogens (tertiary/aromatic N) is 3. The van der Waals surface area contributed by atoms with E-state index >= 15 is 0 Å². The Labute approximate surface area is 168 Å². The summed E-state index contributed by atoms with van der Waals surface area (Å²) in [6.07, 6.45) is 0. The molecule has 134 valence electrons. The third-order valence-corrected chi connectivity index (χ3v) is 7.01. The van der Waals surface area contributed by atoms with Crippen molar-refractivity contribution in [1.29, 1.82) is 5.26 Å². The van der Waals surface area contributed by atoms with E-state index in [-0.39, 0.29) is 5.56 Å². The lowest BCUT2D eigenvalue weighted by atomic mass is 10.2. The van der Waals surface area contributed by atoms with Gasteiger partial charge < -0.3 is 0 Å². The Bertz CT molecular complexity index is 1200. The van der Waals surface area contributed by atoms with Gasteiger partial charge >= 0.3 is 0 Å². The molecule has 3 heterocycles. The van der Waals surface area contributed by atoms with E-state index in [4.69, 9.17) is 10.2 Å². The van der Waals surface area contributed by atoms with Crippen molar-refractivity contribution < 1.29 is 0 Å². The first-order valence-corrected chi connectivity index (χ1v) is 11.1. The van der Waals surface area contributed by atoms with Crippen LogP contribution in [0, 0.1) is 11.3 Å². The molecule has 0 atom stereocenters. The van der Waals surface area contributed by atoms with Crippen LogP contribution >= 0.6 is 34.4 Å². The van der Waals surface area contributed by atoms with E-state index < -0.39 is 0 Å². The minimum Gasteiger partial charge on any atom is -0.287 e. The summed E-state index contributed by atoms with van der Waals surface area (Å²) < 4.78 is 1.74. The van der Waals surface area contributed by atoms with E-state index in [1.165, 1.54) is 23.1 Å². The molecule has 7 heteroatoms. The van der Waals surface area contributed by atoms with Crippen LogP contribution in [0.15, 0.2) is 57.1 Å². The standard InChI is InChI=1S/C20H15N3OS3/c1-2-23-19(24)17-15(16-7-4-8-25-16)12-26-18(17)22-20(23)27-11-14-6-3-5-13(9-14)10-21/h3-9,12H,2,11H2,1H3. The van der Waals surface area contributed by atoms with Gasteiger partial charge in [-0.15, -0.1) is 22.7 Å². The molecule has 0 aliphatic rings. The molecule has 0 saturated carbocycles. The van der Waals surface area contributed by atoms with Gasteiger partial charge in [0.25, 0.3) is 5.56 Å². The van der Waals surface area contributed by atoms with E-state index in [1.54, 1.807) is 22.0 Å². The lowest BCUT2D eigenvalue weighted by Gasteiger charge is -2.10. The van der Waals surface area contributed by atoms with Gasteiger partial charge in [-0.2, -0.15) is 5.26 Å². The van der Waals surface area contributed by atoms with Crippen LogP contribution < -0.4 is 5.56 Å². The first kappa shape index (κ1) is 18.0. The summed E-state index contributed by atoms with van der Waals surface area (Å²) in [5.74, 6) is 0.663. The van der Waals surface area contributed by atoms with Gasteiger partial charge in [0, 0.05) is 28.1 Å². The van der Waals surface area contributed by atoms with Crippen molar-refractivity contribution in [2.24, 2.45) is 0 Å². The van der Waals surface area contributed by atoms with E-state index in [0.29, 0.717) is 23.2 Å². The molecule has 0 saturated heterocycles. The van der Waals surface area contributed by atoms with Gasteiger partial charge in [0.15, 0.2) is 5.16 Å². The first-order chi connectivity index (χ1) is 13.2. The number of hydrogen-bond acceptors (Lipinski definition) is 6. The molecule has 0 amide bonds. The second kappa shape index (κ2) is 7.69. The van der Waals surface area contributed by atoms with E-state index in [9.17, 15) is 4.79 Å². The molecule has 0 aliphatic carbocycles. The van der Waals surface area contributed by atoms with Crippen LogP contribution in [0.4, 0.5) is 0 Å². The molecule has 27 heavy (non-hydrogen) atoms. The molecule has 4 aromatic rings. The smallest absolute Gasteiger partial charge is 0.263 e. The Morgan fingerprint density at radius 1 is 1.26 bits per heavy atom. The van der Waals surface area contributed by atoms with Crippen LogP contribution in [0.1, 0.15) is 18.1 Å². The molecule has 0 spiro atoms. The molecule has 0 fully saturated rings. The number of nitriles is 1. The number of rotatable bonds is 5. The lowest BCUT2D eigenvalue weighted by Crippen LogP contribution is -2.22. The zero-order chi connectivity index (χ0) is 18.8. The third-order valence-electron chi connectivity index (χ3n) is 4.19. The average molecular weight is 410 g/mol. The Kier molecular flexibility index (Phi) is 5.12. The molecule has 0 radical (unpaired) electrons. The van der Waals surface area contributed by atoms with Crippen LogP contribution in [0.3, 0.4) is 0 Å². The number of thioether (sulfide) groups is 1. The summed E-state index contributed by atoms with van der Waals surface area (Å²) in [4.78, 5) is 19.8. The summed E-state index contributed by atoms with van der Waals surface area (Å²) in [7, 11) is 0. The van der Waals surface area contributed by atoms with Crippen LogP contribution in [0.25, 0.3) is 20.7 Å². The van der Waals surface area contributed by atoms with Crippen molar-refractivity contribution >= 4 is 44.7 Å². The molecule has 4 nitrogen and oxygen atoms in total. The van der Waals surface area contributed by atoms with Crippen molar-refractivity contribution in [3.63, 3.8) is 0 Å². The van der Waals surface area contributed by atoms with Crippen LogP contribution in [-0.2, 0) is 12.3 Å². The lowest BCUT2D eigenvalue weighted by molar-refractivity contribution is 0.635. The zero-order valence-electron chi connectivity index (χ0n) is 14.5. The van der Waals surface area contributed by atoms with E-state index in [1.807, 2.05) is 48.0 Å². The fraction of sp³-hybridized carbons (Fsp3) is 0.150. The minimum atomic E-state index is 0.0143. The molecule has 0 N–H and O–H groups in total. The van der Waals surface area contributed by atoms with E-state index in [2.05, 4.69) is 6.07 Å². The maximum Gasteiger partial charge on any atom is 0.263 e. The Balaban J connectivity index is 1.73. The fourth-order valence-electron chi connectivity index (χ4n) is 2.89. The molecule has 0 unspecified atom stereocenters. The number of hydrogen-bond donors (Lipinski definition) is 0. The summed E-state index contributed by atoms with van der Waals surface area (Å²) in [5, 5.41) is 14.5. The normalized spacial score (nSPS) is 11.0. The molecular weight excluding hydrogens is 394 g/mol. The Morgan fingerprint density at radius 3 is 2.89 bits per heavy atom. The highest BCUT2D eigenvalue weighted by Gasteiger charge is 2.17. The Morgan fingerprint density at radius 2 is 2.15 bits per heavy atom. The summed E-state index contributed by atoms with van der Waals surface area (Å²) in [6, 6.07) is 13.7. The molecule has 1 aromatic carbocycles. The second-order valence-corrected chi connectivity index (χ2v) is 8.60. The van der Waals surface area contributed by atoms with Crippen LogP contribution in [0.5, 0.6) is 0 Å². The average Bonchev–Trinajstić information content (AvgIpc) is 3.36. The van der Waals surface area contributed by atoms with Crippen molar-refractivity contribution in [1.82, 2.24) is 9.55 Å². The number of thiophene rings is 2. The van der Waals surface area contributed by atoms with Gasteiger partial charge in [-0.1, -0.05) is 30.0 Å². The van der Waals surface area contributed by atoms with Crippen molar-refractivity contribution in [3.8, 4) is 16.5 Å². The molecule has 3 aromatic heterocycles. The van der Waals surface area contributed by atoms with Crippen LogP contribution in [0.2, 0.25) is 0 Å².